The summed E-state index contributed by atoms with van der Waals surface area (Å²) in [5.74, 6) is 0. The summed E-state index contributed by atoms with van der Waals surface area (Å²) in [7, 11) is 0. The highest BCUT2D eigenvalue weighted by atomic mass is 16.2. The average Bonchev–Trinajstić information content (AvgIpc) is 2.45. The van der Waals surface area contributed by atoms with Gasteiger partial charge in [0, 0.05) is 24.5 Å². The van der Waals surface area contributed by atoms with Crippen molar-refractivity contribution in [1.82, 2.24) is 4.90 Å². The largest absolute Gasteiger partial charge is 0.329 e. The second-order valence-corrected chi connectivity index (χ2v) is 5.52. The van der Waals surface area contributed by atoms with Crippen molar-refractivity contribution in [2.45, 2.75) is 25.3 Å². The third-order valence-corrected chi connectivity index (χ3v) is 4.18. The number of carbonyl (C=O) groups is 1. The zero-order chi connectivity index (χ0) is 14.7. The summed E-state index contributed by atoms with van der Waals surface area (Å²) in [6.07, 6.45) is 3.37. The first-order valence-electron chi connectivity index (χ1n) is 7.55. The van der Waals surface area contributed by atoms with Gasteiger partial charge in [-0.2, -0.15) is 0 Å². The second kappa shape index (κ2) is 6.14. The highest BCUT2D eigenvalue weighted by Gasteiger charge is 2.28. The van der Waals surface area contributed by atoms with E-state index >= 15 is 0 Å². The number of urea groups is 1. The Morgan fingerprint density at radius 3 is 2.67 bits per heavy atom. The van der Waals surface area contributed by atoms with Gasteiger partial charge in [-0.25, -0.2) is 4.79 Å². The highest BCUT2D eigenvalue weighted by molar-refractivity contribution is 6.01. The van der Waals surface area contributed by atoms with Crippen molar-refractivity contribution < 1.29 is 4.79 Å². The lowest BCUT2D eigenvalue weighted by Gasteiger charge is -2.37. The van der Waals surface area contributed by atoms with Crippen LogP contribution in [0.15, 0.2) is 42.5 Å². The van der Waals surface area contributed by atoms with Gasteiger partial charge in [0.25, 0.3) is 0 Å². The van der Waals surface area contributed by atoms with E-state index in [2.05, 4.69) is 17.4 Å². The van der Waals surface area contributed by atoms with Crippen LogP contribution in [-0.2, 0) is 0 Å². The smallest absolute Gasteiger partial charge is 0.322 e. The Morgan fingerprint density at radius 1 is 1.19 bits per heavy atom. The summed E-state index contributed by atoms with van der Waals surface area (Å²) in [6, 6.07) is 14.3. The average molecular weight is 283 g/mol. The van der Waals surface area contributed by atoms with Crippen molar-refractivity contribution in [3.05, 3.63) is 42.5 Å². The molecule has 1 fully saturated rings. The number of rotatable bonds is 4. The molecule has 0 aromatic heterocycles. The molecule has 0 heterocycles. The normalized spacial score (nSPS) is 14.7. The van der Waals surface area contributed by atoms with Gasteiger partial charge in [0.15, 0.2) is 0 Å². The van der Waals surface area contributed by atoms with Gasteiger partial charge in [-0.3, -0.25) is 0 Å². The van der Waals surface area contributed by atoms with E-state index in [4.69, 9.17) is 5.73 Å². The molecule has 3 N–H and O–H groups in total. The Morgan fingerprint density at radius 2 is 1.95 bits per heavy atom. The van der Waals surface area contributed by atoms with Gasteiger partial charge in [-0.05, 0) is 30.7 Å². The summed E-state index contributed by atoms with van der Waals surface area (Å²) < 4.78 is 0. The van der Waals surface area contributed by atoms with Crippen molar-refractivity contribution in [3.63, 3.8) is 0 Å². The molecular weight excluding hydrogens is 262 g/mol. The molecule has 4 nitrogen and oxygen atoms in total. The molecule has 0 aliphatic heterocycles. The van der Waals surface area contributed by atoms with Gasteiger partial charge in [-0.1, -0.05) is 36.4 Å². The fourth-order valence-electron chi connectivity index (χ4n) is 2.81. The molecule has 0 radical (unpaired) electrons. The topological polar surface area (TPSA) is 58.4 Å². The molecule has 1 aliphatic carbocycles. The second-order valence-electron chi connectivity index (χ2n) is 5.52. The van der Waals surface area contributed by atoms with Crippen molar-refractivity contribution in [2.24, 2.45) is 5.73 Å². The SMILES string of the molecule is NCCN(C(=O)Nc1cccc2ccccc12)C1CCC1. The van der Waals surface area contributed by atoms with Gasteiger partial charge in [0.05, 0.1) is 5.69 Å². The lowest BCUT2D eigenvalue weighted by atomic mass is 9.91. The predicted molar refractivity (Wildman–Crippen MR) is 86.4 cm³/mol. The number of hydrogen-bond donors (Lipinski definition) is 2. The van der Waals surface area contributed by atoms with Crippen LogP contribution >= 0.6 is 0 Å². The number of nitrogens with zero attached hydrogens (tertiary/aromatic N) is 1. The van der Waals surface area contributed by atoms with E-state index in [-0.39, 0.29) is 6.03 Å². The van der Waals surface area contributed by atoms with E-state index in [0.29, 0.717) is 19.1 Å². The fraction of sp³-hybridized carbons (Fsp3) is 0.353. The number of fused-ring (bicyclic) bond motifs is 1. The Bertz CT molecular complexity index is 631. The van der Waals surface area contributed by atoms with Gasteiger partial charge >= 0.3 is 6.03 Å². The zero-order valence-electron chi connectivity index (χ0n) is 12.1. The molecule has 1 aliphatic rings. The molecule has 21 heavy (non-hydrogen) atoms. The summed E-state index contributed by atoms with van der Waals surface area (Å²) in [4.78, 5) is 14.4. The lowest BCUT2D eigenvalue weighted by molar-refractivity contribution is 0.151. The summed E-state index contributed by atoms with van der Waals surface area (Å²) in [6.45, 7) is 1.11. The maximum absolute atomic E-state index is 12.5. The standard InChI is InChI=1S/C17H21N3O/c18-11-12-20(14-7-4-8-14)17(21)19-16-10-3-6-13-5-1-2-9-15(13)16/h1-3,5-6,9-10,14H,4,7-8,11-12,18H2,(H,19,21). The van der Waals surface area contributed by atoms with Crippen LogP contribution in [0.2, 0.25) is 0 Å². The molecule has 110 valence electrons. The van der Waals surface area contributed by atoms with Crippen LogP contribution in [0.5, 0.6) is 0 Å². The van der Waals surface area contributed by atoms with Crippen molar-refractivity contribution >= 4 is 22.5 Å². The van der Waals surface area contributed by atoms with E-state index in [0.717, 1.165) is 29.3 Å². The number of carbonyl (C=O) groups excluding carboxylic acids is 1. The number of nitrogens with one attached hydrogen (secondary N) is 1. The molecule has 2 aromatic rings. The monoisotopic (exact) mass is 283 g/mol. The first-order chi connectivity index (χ1) is 10.3. The number of amides is 2. The van der Waals surface area contributed by atoms with E-state index in [9.17, 15) is 4.79 Å². The van der Waals surface area contributed by atoms with Crippen molar-refractivity contribution in [3.8, 4) is 0 Å². The highest BCUT2D eigenvalue weighted by Crippen LogP contribution is 2.27. The number of benzene rings is 2. The van der Waals surface area contributed by atoms with Crippen molar-refractivity contribution in [2.75, 3.05) is 18.4 Å². The first kappa shape index (κ1) is 13.9. The summed E-state index contributed by atoms with van der Waals surface area (Å²) in [5.41, 5.74) is 6.51. The summed E-state index contributed by atoms with van der Waals surface area (Å²) in [5, 5.41) is 5.24. The minimum absolute atomic E-state index is 0.0403. The molecule has 0 saturated heterocycles. The van der Waals surface area contributed by atoms with Crippen LogP contribution in [0.25, 0.3) is 10.8 Å². The summed E-state index contributed by atoms with van der Waals surface area (Å²) >= 11 is 0. The van der Waals surface area contributed by atoms with Crippen LogP contribution in [0.1, 0.15) is 19.3 Å². The van der Waals surface area contributed by atoms with E-state index in [1.807, 2.05) is 35.2 Å². The third-order valence-electron chi connectivity index (χ3n) is 4.18. The molecule has 4 heteroatoms. The molecule has 1 saturated carbocycles. The first-order valence-corrected chi connectivity index (χ1v) is 7.55. The predicted octanol–water partition coefficient (Wildman–Crippen LogP) is 3.18. The van der Waals surface area contributed by atoms with E-state index in [1.165, 1.54) is 6.42 Å². The number of anilines is 1. The molecule has 0 bridgehead atoms. The van der Waals surface area contributed by atoms with Gasteiger partial charge in [0.1, 0.15) is 0 Å². The molecule has 0 atom stereocenters. The molecular formula is C17H21N3O. The Kier molecular flexibility index (Phi) is 4.06. The maximum Gasteiger partial charge on any atom is 0.322 e. The van der Waals surface area contributed by atoms with Gasteiger partial charge < -0.3 is 16.0 Å². The van der Waals surface area contributed by atoms with E-state index < -0.39 is 0 Å². The Balaban J connectivity index is 1.81. The number of nitrogens with two attached hydrogens (primary N) is 1. The third kappa shape index (κ3) is 2.85. The van der Waals surface area contributed by atoms with Gasteiger partial charge in [-0.15, -0.1) is 0 Å². The quantitative estimate of drug-likeness (QED) is 0.905. The maximum atomic E-state index is 12.5. The van der Waals surface area contributed by atoms with Crippen LogP contribution in [0, 0.1) is 0 Å². The van der Waals surface area contributed by atoms with Crippen LogP contribution in [0.4, 0.5) is 10.5 Å². The van der Waals surface area contributed by atoms with Crippen molar-refractivity contribution in [1.29, 1.82) is 0 Å². The fourth-order valence-corrected chi connectivity index (χ4v) is 2.81. The molecule has 2 amide bonds. The molecule has 0 spiro atoms. The van der Waals surface area contributed by atoms with Gasteiger partial charge in [0.2, 0.25) is 0 Å². The molecule has 0 unspecified atom stereocenters. The number of hydrogen-bond acceptors (Lipinski definition) is 2. The lowest BCUT2D eigenvalue weighted by Crippen LogP contribution is -2.48. The van der Waals surface area contributed by atoms with E-state index in [1.54, 1.807) is 0 Å². The zero-order valence-corrected chi connectivity index (χ0v) is 12.1. The van der Waals surface area contributed by atoms with Crippen LogP contribution in [-0.4, -0.2) is 30.1 Å². The van der Waals surface area contributed by atoms with Crippen LogP contribution in [0.3, 0.4) is 0 Å². The molecule has 2 aromatic carbocycles. The Labute approximate surface area is 124 Å². The minimum Gasteiger partial charge on any atom is -0.329 e. The Hall–Kier alpha value is -2.07. The minimum atomic E-state index is -0.0403. The molecule has 3 rings (SSSR count). The van der Waals surface area contributed by atoms with Crippen LogP contribution < -0.4 is 11.1 Å².